The van der Waals surface area contributed by atoms with Crippen molar-refractivity contribution in [1.82, 2.24) is 15.0 Å². The Morgan fingerprint density at radius 2 is 2.00 bits per heavy atom. The van der Waals surface area contributed by atoms with Crippen molar-refractivity contribution in [3.63, 3.8) is 0 Å². The maximum absolute atomic E-state index is 12.8. The van der Waals surface area contributed by atoms with Gasteiger partial charge in [0.2, 0.25) is 5.95 Å². The van der Waals surface area contributed by atoms with Gasteiger partial charge in [0, 0.05) is 26.1 Å². The zero-order valence-corrected chi connectivity index (χ0v) is 16.5. The van der Waals surface area contributed by atoms with Crippen LogP contribution in [-0.2, 0) is 25.6 Å². The topological polar surface area (TPSA) is 68.2 Å². The standard InChI is InChI=1S/C20H25F3N4O2/c1-13(2)12-29-27-18(28)16-11-24-9-8-17(16)26-19(27)25-10-7-14-3-5-15(6-4-14)20(21,22)23/h3-6,13,24H,7-12H2,1-2H3,(H,25,26). The minimum Gasteiger partial charge on any atom is -0.407 e. The molecule has 1 aliphatic heterocycles. The van der Waals surface area contributed by atoms with E-state index in [1.165, 1.54) is 16.9 Å². The lowest BCUT2D eigenvalue weighted by molar-refractivity contribution is -0.137. The predicted octanol–water partition coefficient (Wildman–Crippen LogP) is 2.65. The van der Waals surface area contributed by atoms with E-state index in [1.807, 2.05) is 13.8 Å². The van der Waals surface area contributed by atoms with Gasteiger partial charge < -0.3 is 15.5 Å². The van der Waals surface area contributed by atoms with Gasteiger partial charge in [-0.1, -0.05) is 26.0 Å². The molecule has 0 saturated heterocycles. The number of aromatic nitrogens is 2. The summed E-state index contributed by atoms with van der Waals surface area (Å²) < 4.78 is 39.2. The fourth-order valence-corrected chi connectivity index (χ4v) is 3.02. The van der Waals surface area contributed by atoms with Crippen LogP contribution in [0.15, 0.2) is 29.1 Å². The van der Waals surface area contributed by atoms with Crippen LogP contribution < -0.4 is 21.0 Å². The van der Waals surface area contributed by atoms with Crippen LogP contribution in [0.1, 0.15) is 36.2 Å². The van der Waals surface area contributed by atoms with Gasteiger partial charge in [0.15, 0.2) is 0 Å². The van der Waals surface area contributed by atoms with Crippen LogP contribution >= 0.6 is 0 Å². The van der Waals surface area contributed by atoms with Gasteiger partial charge in [0.1, 0.15) is 6.61 Å². The van der Waals surface area contributed by atoms with Crippen molar-refractivity contribution >= 4 is 5.95 Å². The Kier molecular flexibility index (Phi) is 6.46. The third-order valence-electron chi connectivity index (χ3n) is 4.58. The summed E-state index contributed by atoms with van der Waals surface area (Å²) in [6.07, 6.45) is -3.21. The first-order chi connectivity index (χ1) is 13.8. The first kappa shape index (κ1) is 21.2. The van der Waals surface area contributed by atoms with E-state index in [-0.39, 0.29) is 11.5 Å². The Morgan fingerprint density at radius 3 is 2.66 bits per heavy atom. The lowest BCUT2D eigenvalue weighted by Gasteiger charge is -2.21. The zero-order valence-electron chi connectivity index (χ0n) is 16.5. The minimum atomic E-state index is -4.34. The molecule has 6 nitrogen and oxygen atoms in total. The molecular weight excluding hydrogens is 385 g/mol. The first-order valence-electron chi connectivity index (χ1n) is 9.64. The van der Waals surface area contributed by atoms with Crippen molar-refractivity contribution in [3.8, 4) is 0 Å². The molecule has 158 valence electrons. The molecule has 0 fully saturated rings. The lowest BCUT2D eigenvalue weighted by atomic mass is 10.1. The minimum absolute atomic E-state index is 0.232. The summed E-state index contributed by atoms with van der Waals surface area (Å²) in [6.45, 7) is 5.94. The fraction of sp³-hybridized carbons (Fsp3) is 0.500. The third kappa shape index (κ3) is 5.29. The van der Waals surface area contributed by atoms with E-state index in [9.17, 15) is 18.0 Å². The number of nitrogens with zero attached hydrogens (tertiary/aromatic N) is 2. The van der Waals surface area contributed by atoms with Crippen molar-refractivity contribution in [2.24, 2.45) is 5.92 Å². The van der Waals surface area contributed by atoms with E-state index < -0.39 is 11.7 Å². The molecule has 0 amide bonds. The smallest absolute Gasteiger partial charge is 0.407 e. The SMILES string of the molecule is CC(C)COn1c(NCCc2ccc(C(F)(F)F)cc2)nc2c(c1=O)CNCC2. The van der Waals surface area contributed by atoms with E-state index in [0.717, 1.165) is 29.9 Å². The van der Waals surface area contributed by atoms with Crippen LogP contribution in [0.4, 0.5) is 19.1 Å². The number of hydrogen-bond donors (Lipinski definition) is 2. The van der Waals surface area contributed by atoms with E-state index >= 15 is 0 Å². The van der Waals surface area contributed by atoms with Crippen LogP contribution in [0.5, 0.6) is 0 Å². The van der Waals surface area contributed by atoms with Gasteiger partial charge in [-0.25, -0.2) is 4.98 Å². The Bertz CT molecular complexity index is 892. The van der Waals surface area contributed by atoms with Crippen LogP contribution in [0.25, 0.3) is 0 Å². The number of benzene rings is 1. The van der Waals surface area contributed by atoms with Crippen molar-refractivity contribution in [2.45, 2.75) is 39.4 Å². The van der Waals surface area contributed by atoms with Crippen LogP contribution in [0, 0.1) is 5.92 Å². The van der Waals surface area contributed by atoms with Crippen LogP contribution in [-0.4, -0.2) is 29.4 Å². The van der Waals surface area contributed by atoms with E-state index in [1.54, 1.807) is 0 Å². The van der Waals surface area contributed by atoms with Crippen molar-refractivity contribution in [3.05, 3.63) is 57.0 Å². The molecule has 2 N–H and O–H groups in total. The fourth-order valence-electron chi connectivity index (χ4n) is 3.02. The van der Waals surface area contributed by atoms with Gasteiger partial charge >= 0.3 is 6.18 Å². The number of anilines is 1. The Morgan fingerprint density at radius 1 is 1.28 bits per heavy atom. The Labute approximate surface area is 167 Å². The van der Waals surface area contributed by atoms with Crippen molar-refractivity contribution in [2.75, 3.05) is 25.0 Å². The second-order valence-electron chi connectivity index (χ2n) is 7.45. The summed E-state index contributed by atoms with van der Waals surface area (Å²) in [4.78, 5) is 23.1. The van der Waals surface area contributed by atoms with Crippen LogP contribution in [0.2, 0.25) is 0 Å². The monoisotopic (exact) mass is 410 g/mol. The van der Waals surface area contributed by atoms with E-state index in [2.05, 4.69) is 15.6 Å². The molecule has 0 unspecified atom stereocenters. The molecule has 2 aromatic rings. The van der Waals surface area contributed by atoms with Gasteiger partial charge in [-0.2, -0.15) is 13.2 Å². The molecule has 0 spiro atoms. The number of fused-ring (bicyclic) bond motifs is 1. The van der Waals surface area contributed by atoms with Gasteiger partial charge in [0.05, 0.1) is 16.8 Å². The summed E-state index contributed by atoms with van der Waals surface area (Å²) in [5.41, 5.74) is 1.20. The maximum atomic E-state index is 12.8. The average molecular weight is 410 g/mol. The predicted molar refractivity (Wildman–Crippen MR) is 104 cm³/mol. The number of rotatable bonds is 7. The molecule has 0 aliphatic carbocycles. The van der Waals surface area contributed by atoms with Crippen molar-refractivity contribution < 1.29 is 18.0 Å². The van der Waals surface area contributed by atoms with E-state index in [0.29, 0.717) is 44.0 Å². The summed E-state index contributed by atoms with van der Waals surface area (Å²) in [6, 6.07) is 5.06. The zero-order chi connectivity index (χ0) is 21.0. The number of halogens is 3. The van der Waals surface area contributed by atoms with Gasteiger partial charge in [-0.05, 0) is 30.0 Å². The Hall–Kier alpha value is -2.55. The van der Waals surface area contributed by atoms with E-state index in [4.69, 9.17) is 4.84 Å². The van der Waals surface area contributed by atoms with Gasteiger partial charge in [0.25, 0.3) is 5.56 Å². The molecule has 0 atom stereocenters. The molecule has 1 aliphatic rings. The van der Waals surface area contributed by atoms with Gasteiger partial charge in [-0.3, -0.25) is 4.79 Å². The quantitative estimate of drug-likeness (QED) is 0.735. The highest BCUT2D eigenvalue weighted by molar-refractivity contribution is 5.33. The lowest BCUT2D eigenvalue weighted by Crippen LogP contribution is -2.39. The van der Waals surface area contributed by atoms with Crippen molar-refractivity contribution in [1.29, 1.82) is 0 Å². The molecule has 0 saturated carbocycles. The maximum Gasteiger partial charge on any atom is 0.416 e. The average Bonchev–Trinajstić information content (AvgIpc) is 2.67. The number of hydrogen-bond acceptors (Lipinski definition) is 5. The highest BCUT2D eigenvalue weighted by atomic mass is 19.4. The molecule has 0 bridgehead atoms. The highest BCUT2D eigenvalue weighted by Crippen LogP contribution is 2.29. The molecule has 1 aromatic heterocycles. The summed E-state index contributed by atoms with van der Waals surface area (Å²) in [7, 11) is 0. The second-order valence-corrected chi connectivity index (χ2v) is 7.45. The highest BCUT2D eigenvalue weighted by Gasteiger charge is 2.29. The molecular formula is C20H25F3N4O2. The molecule has 9 heteroatoms. The molecule has 0 radical (unpaired) electrons. The summed E-state index contributed by atoms with van der Waals surface area (Å²) >= 11 is 0. The summed E-state index contributed by atoms with van der Waals surface area (Å²) in [5, 5.41) is 6.27. The van der Waals surface area contributed by atoms with Crippen LogP contribution in [0.3, 0.4) is 0 Å². The molecule has 2 heterocycles. The first-order valence-corrected chi connectivity index (χ1v) is 9.64. The number of alkyl halides is 3. The Balaban J connectivity index is 1.73. The number of nitrogens with one attached hydrogen (secondary N) is 2. The largest absolute Gasteiger partial charge is 0.416 e. The molecule has 3 rings (SSSR count). The van der Waals surface area contributed by atoms with Gasteiger partial charge in [-0.15, -0.1) is 4.73 Å². The third-order valence-corrected chi connectivity index (χ3v) is 4.58. The second kappa shape index (κ2) is 8.86. The normalized spacial score (nSPS) is 14.0. The molecule has 1 aromatic carbocycles. The summed E-state index contributed by atoms with van der Waals surface area (Å²) in [5.74, 6) is 0.555. The molecule has 29 heavy (non-hydrogen) atoms.